The Bertz CT molecular complexity index is 346. The Morgan fingerprint density at radius 1 is 0.684 bits per heavy atom. The predicted molar refractivity (Wildman–Crippen MR) is 67.2 cm³/mol. The SMILES string of the molecule is CCc1ccncc1.CCc1ccncc1.[Cl-].[Cl-].[Pt+2]. The standard InChI is InChI=1S/2C7H9N.2ClH.Pt/c2*1-2-7-3-5-8-6-4-7;;;/h2*3-6H,2H2,1H3;2*1H;/q;;;;+2/p-2. The van der Waals surface area contributed by atoms with Gasteiger partial charge in [-0.05, 0) is 48.2 Å². The molecule has 2 heterocycles. The molecule has 108 valence electrons. The van der Waals surface area contributed by atoms with Gasteiger partial charge in [-0.3, -0.25) is 9.97 Å². The third kappa shape index (κ3) is 11.1. The molecule has 0 aliphatic carbocycles. The van der Waals surface area contributed by atoms with Gasteiger partial charge in [0.15, 0.2) is 0 Å². The molecule has 0 N–H and O–H groups in total. The van der Waals surface area contributed by atoms with Crippen LogP contribution in [0.4, 0.5) is 0 Å². The van der Waals surface area contributed by atoms with Crippen LogP contribution < -0.4 is 24.8 Å². The zero-order valence-electron chi connectivity index (χ0n) is 11.0. The van der Waals surface area contributed by atoms with Gasteiger partial charge in [-0.1, -0.05) is 13.8 Å². The zero-order chi connectivity index (χ0) is 11.6. The Kier molecular flexibility index (Phi) is 19.4. The molecule has 0 amide bonds. The third-order valence-electron chi connectivity index (χ3n) is 2.32. The first-order chi connectivity index (χ1) is 7.86. The first-order valence-corrected chi connectivity index (χ1v) is 5.64. The second kappa shape index (κ2) is 15.6. The van der Waals surface area contributed by atoms with Gasteiger partial charge in [-0.25, -0.2) is 0 Å². The molecule has 0 radical (unpaired) electrons. The van der Waals surface area contributed by atoms with Crippen molar-refractivity contribution in [3.05, 3.63) is 60.2 Å². The molecule has 0 aliphatic rings. The van der Waals surface area contributed by atoms with Crippen LogP contribution in [0.5, 0.6) is 0 Å². The van der Waals surface area contributed by atoms with Gasteiger partial charge < -0.3 is 24.8 Å². The van der Waals surface area contributed by atoms with Crippen LogP contribution in [0.1, 0.15) is 25.0 Å². The minimum atomic E-state index is 0. The summed E-state index contributed by atoms with van der Waals surface area (Å²) in [7, 11) is 0. The van der Waals surface area contributed by atoms with Crippen LogP contribution in [0.2, 0.25) is 0 Å². The van der Waals surface area contributed by atoms with E-state index in [4.69, 9.17) is 0 Å². The fourth-order valence-electron chi connectivity index (χ4n) is 1.24. The number of halogens is 2. The number of hydrogen-bond acceptors (Lipinski definition) is 2. The number of aryl methyl sites for hydroxylation is 2. The van der Waals surface area contributed by atoms with E-state index in [1.54, 1.807) is 0 Å². The first-order valence-electron chi connectivity index (χ1n) is 5.64. The van der Waals surface area contributed by atoms with Gasteiger partial charge in [0.05, 0.1) is 0 Å². The minimum absolute atomic E-state index is 0. The minimum Gasteiger partial charge on any atom is -1.00 e. The van der Waals surface area contributed by atoms with E-state index in [9.17, 15) is 0 Å². The van der Waals surface area contributed by atoms with Crippen molar-refractivity contribution >= 4 is 0 Å². The Labute approximate surface area is 142 Å². The Morgan fingerprint density at radius 2 is 0.947 bits per heavy atom. The van der Waals surface area contributed by atoms with Crippen LogP contribution in [-0.4, -0.2) is 9.97 Å². The van der Waals surface area contributed by atoms with Gasteiger partial charge in [0.2, 0.25) is 0 Å². The normalized spacial score (nSPS) is 7.68. The van der Waals surface area contributed by atoms with Gasteiger partial charge in [-0.2, -0.15) is 0 Å². The summed E-state index contributed by atoms with van der Waals surface area (Å²) in [6.07, 6.45) is 9.47. The molecule has 2 nitrogen and oxygen atoms in total. The number of nitrogens with zero attached hydrogens (tertiary/aromatic N) is 2. The zero-order valence-corrected chi connectivity index (χ0v) is 14.8. The van der Waals surface area contributed by atoms with Crippen molar-refractivity contribution in [2.75, 3.05) is 0 Å². The largest absolute Gasteiger partial charge is 2.00 e. The molecule has 2 aromatic heterocycles. The van der Waals surface area contributed by atoms with Crippen LogP contribution in [0, 0.1) is 0 Å². The van der Waals surface area contributed by atoms with E-state index in [0.717, 1.165) is 12.8 Å². The van der Waals surface area contributed by atoms with Crippen molar-refractivity contribution in [3.63, 3.8) is 0 Å². The maximum absolute atomic E-state index is 3.89. The summed E-state index contributed by atoms with van der Waals surface area (Å²) in [5.74, 6) is 0. The molecular weight excluding hydrogens is 462 g/mol. The maximum Gasteiger partial charge on any atom is 2.00 e. The molecule has 2 aromatic rings. The van der Waals surface area contributed by atoms with E-state index in [-0.39, 0.29) is 45.9 Å². The molecule has 2 rings (SSSR count). The quantitative estimate of drug-likeness (QED) is 0.468. The summed E-state index contributed by atoms with van der Waals surface area (Å²) in [5, 5.41) is 0. The van der Waals surface area contributed by atoms with E-state index in [1.807, 2.05) is 49.1 Å². The van der Waals surface area contributed by atoms with Crippen molar-refractivity contribution < 1.29 is 45.9 Å². The molecule has 0 saturated heterocycles. The van der Waals surface area contributed by atoms with Gasteiger partial charge in [-0.15, -0.1) is 0 Å². The molecule has 5 heteroatoms. The summed E-state index contributed by atoms with van der Waals surface area (Å²) in [4.78, 5) is 7.79. The number of rotatable bonds is 2. The van der Waals surface area contributed by atoms with Gasteiger partial charge in [0.25, 0.3) is 0 Å². The number of pyridine rings is 2. The molecule has 0 aromatic carbocycles. The van der Waals surface area contributed by atoms with Crippen LogP contribution in [0.3, 0.4) is 0 Å². The molecule has 0 bridgehead atoms. The van der Waals surface area contributed by atoms with Crippen LogP contribution in [-0.2, 0) is 33.9 Å². The van der Waals surface area contributed by atoms with Crippen molar-refractivity contribution in [2.24, 2.45) is 0 Å². The van der Waals surface area contributed by atoms with Gasteiger partial charge >= 0.3 is 21.1 Å². The van der Waals surface area contributed by atoms with Crippen molar-refractivity contribution in [2.45, 2.75) is 26.7 Å². The van der Waals surface area contributed by atoms with Crippen LogP contribution >= 0.6 is 0 Å². The summed E-state index contributed by atoms with van der Waals surface area (Å²) < 4.78 is 0. The fraction of sp³-hybridized carbons (Fsp3) is 0.286. The molecule has 0 spiro atoms. The second-order valence-corrected chi connectivity index (χ2v) is 3.42. The van der Waals surface area contributed by atoms with Gasteiger partial charge in [0, 0.05) is 24.8 Å². The Morgan fingerprint density at radius 3 is 1.11 bits per heavy atom. The van der Waals surface area contributed by atoms with E-state index in [2.05, 4.69) is 23.8 Å². The van der Waals surface area contributed by atoms with Crippen LogP contribution in [0.15, 0.2) is 49.1 Å². The van der Waals surface area contributed by atoms with Gasteiger partial charge in [0.1, 0.15) is 0 Å². The van der Waals surface area contributed by atoms with E-state index < -0.39 is 0 Å². The van der Waals surface area contributed by atoms with Crippen molar-refractivity contribution in [1.82, 2.24) is 9.97 Å². The fourth-order valence-corrected chi connectivity index (χ4v) is 1.24. The van der Waals surface area contributed by atoms with Crippen molar-refractivity contribution in [1.29, 1.82) is 0 Å². The molecule has 0 fully saturated rings. The topological polar surface area (TPSA) is 25.8 Å². The van der Waals surface area contributed by atoms with Crippen LogP contribution in [0.25, 0.3) is 0 Å². The second-order valence-electron chi connectivity index (χ2n) is 3.42. The third-order valence-corrected chi connectivity index (χ3v) is 2.32. The van der Waals surface area contributed by atoms with E-state index in [1.165, 1.54) is 11.1 Å². The molecule has 19 heavy (non-hydrogen) atoms. The van der Waals surface area contributed by atoms with Crippen molar-refractivity contribution in [3.8, 4) is 0 Å². The summed E-state index contributed by atoms with van der Waals surface area (Å²) in [6, 6.07) is 8.11. The molecule has 0 saturated carbocycles. The maximum atomic E-state index is 3.89. The average molecular weight is 480 g/mol. The summed E-state index contributed by atoms with van der Waals surface area (Å²) >= 11 is 0. The van der Waals surface area contributed by atoms with E-state index in [0.29, 0.717) is 0 Å². The summed E-state index contributed by atoms with van der Waals surface area (Å²) in [5.41, 5.74) is 2.69. The average Bonchev–Trinajstić information content (AvgIpc) is 2.41. The number of aromatic nitrogens is 2. The molecule has 0 atom stereocenters. The molecule has 0 aliphatic heterocycles. The molecule has 0 unspecified atom stereocenters. The number of hydrogen-bond donors (Lipinski definition) is 0. The smallest absolute Gasteiger partial charge is 1.00 e. The Hall–Kier alpha value is -0.432. The molecular formula is C14H18Cl2N2Pt. The summed E-state index contributed by atoms with van der Waals surface area (Å²) in [6.45, 7) is 4.27. The van der Waals surface area contributed by atoms with E-state index >= 15 is 0 Å². The Balaban J connectivity index is -0.000000233. The monoisotopic (exact) mass is 479 g/mol. The predicted octanol–water partition coefficient (Wildman–Crippen LogP) is -2.71. The first kappa shape index (κ1) is 23.6.